The first-order chi connectivity index (χ1) is 6.83. The summed E-state index contributed by atoms with van der Waals surface area (Å²) in [5.41, 5.74) is 1.61. The first kappa shape index (κ1) is 8.57. The molecule has 0 saturated heterocycles. The van der Waals surface area contributed by atoms with Crippen LogP contribution in [0.3, 0.4) is 0 Å². The minimum absolute atomic E-state index is 0.327. The summed E-state index contributed by atoms with van der Waals surface area (Å²) >= 11 is 0. The van der Waals surface area contributed by atoms with Crippen LogP contribution < -0.4 is 4.74 Å². The van der Waals surface area contributed by atoms with Gasteiger partial charge in [-0.25, -0.2) is 4.98 Å². The minimum atomic E-state index is 0.327. The van der Waals surface area contributed by atoms with Crippen LogP contribution in [-0.4, -0.2) is 16.6 Å². The Labute approximate surface area is 81.1 Å². The van der Waals surface area contributed by atoms with Crippen molar-refractivity contribution in [2.45, 2.75) is 6.92 Å². The summed E-state index contributed by atoms with van der Waals surface area (Å²) in [5.74, 6) is 1.11. The molecule has 1 aromatic carbocycles. The third-order valence-electron chi connectivity index (χ3n) is 1.87. The summed E-state index contributed by atoms with van der Waals surface area (Å²) in [6, 6.07) is 7.47. The topological polar surface area (TPSA) is 61.7 Å². The second-order valence-corrected chi connectivity index (χ2v) is 2.81. The first-order valence-electron chi connectivity index (χ1n) is 4.36. The van der Waals surface area contributed by atoms with Crippen molar-refractivity contribution in [2.24, 2.45) is 0 Å². The Balaban J connectivity index is 2.50. The van der Waals surface area contributed by atoms with E-state index in [1.165, 1.54) is 0 Å². The van der Waals surface area contributed by atoms with Gasteiger partial charge in [0.25, 0.3) is 0 Å². The zero-order valence-electron chi connectivity index (χ0n) is 7.74. The lowest BCUT2D eigenvalue weighted by Crippen LogP contribution is -1.90. The van der Waals surface area contributed by atoms with Gasteiger partial charge in [0, 0.05) is 6.07 Å². The lowest BCUT2D eigenvalue weighted by molar-refractivity contribution is 0.340. The molecule has 0 radical (unpaired) electrons. The van der Waals surface area contributed by atoms with E-state index in [0.717, 1.165) is 16.8 Å². The van der Waals surface area contributed by atoms with Gasteiger partial charge in [0.1, 0.15) is 11.8 Å². The van der Waals surface area contributed by atoms with Gasteiger partial charge >= 0.3 is 0 Å². The SMILES string of the molecule is CCOc1ccc2nc(C#N)[nH]c2c1. The van der Waals surface area contributed by atoms with E-state index < -0.39 is 0 Å². The van der Waals surface area contributed by atoms with Gasteiger partial charge in [-0.2, -0.15) is 5.26 Å². The Kier molecular flexibility index (Phi) is 2.07. The number of hydrogen-bond acceptors (Lipinski definition) is 3. The number of nitriles is 1. The average molecular weight is 187 g/mol. The molecular formula is C10H9N3O. The fourth-order valence-electron chi connectivity index (χ4n) is 1.30. The Bertz CT molecular complexity index is 496. The quantitative estimate of drug-likeness (QED) is 0.780. The highest BCUT2D eigenvalue weighted by molar-refractivity contribution is 5.77. The van der Waals surface area contributed by atoms with Crippen LogP contribution in [0, 0.1) is 11.3 Å². The molecule has 0 atom stereocenters. The largest absolute Gasteiger partial charge is 0.494 e. The van der Waals surface area contributed by atoms with Gasteiger partial charge in [0.05, 0.1) is 17.6 Å². The van der Waals surface area contributed by atoms with Crippen LogP contribution in [0.4, 0.5) is 0 Å². The number of aromatic nitrogens is 2. The van der Waals surface area contributed by atoms with E-state index in [0.29, 0.717) is 12.4 Å². The van der Waals surface area contributed by atoms with Crippen LogP contribution in [0.15, 0.2) is 18.2 Å². The van der Waals surface area contributed by atoms with Gasteiger partial charge in [-0.05, 0) is 19.1 Å². The summed E-state index contributed by atoms with van der Waals surface area (Å²) in [7, 11) is 0. The molecule has 1 heterocycles. The third kappa shape index (κ3) is 1.40. The predicted octanol–water partition coefficient (Wildman–Crippen LogP) is 1.83. The maximum Gasteiger partial charge on any atom is 0.211 e. The number of rotatable bonds is 2. The molecule has 0 aliphatic carbocycles. The Morgan fingerprint density at radius 1 is 1.57 bits per heavy atom. The second-order valence-electron chi connectivity index (χ2n) is 2.81. The molecule has 1 aromatic heterocycles. The molecule has 0 amide bonds. The van der Waals surface area contributed by atoms with Crippen molar-refractivity contribution in [1.29, 1.82) is 5.26 Å². The van der Waals surface area contributed by atoms with Gasteiger partial charge < -0.3 is 9.72 Å². The molecular weight excluding hydrogens is 178 g/mol. The van der Waals surface area contributed by atoms with Crippen LogP contribution in [0.5, 0.6) is 5.75 Å². The summed E-state index contributed by atoms with van der Waals surface area (Å²) in [6.45, 7) is 2.56. The van der Waals surface area contributed by atoms with Gasteiger partial charge in [0.15, 0.2) is 0 Å². The van der Waals surface area contributed by atoms with Crippen molar-refractivity contribution in [3.8, 4) is 11.8 Å². The summed E-state index contributed by atoms with van der Waals surface area (Å²) < 4.78 is 5.33. The summed E-state index contributed by atoms with van der Waals surface area (Å²) in [4.78, 5) is 6.95. The number of aromatic amines is 1. The van der Waals surface area contributed by atoms with Gasteiger partial charge in [0.2, 0.25) is 5.82 Å². The fourth-order valence-corrected chi connectivity index (χ4v) is 1.30. The molecule has 0 spiro atoms. The number of ether oxygens (including phenoxy) is 1. The van der Waals surface area contributed by atoms with Crippen LogP contribution in [0.1, 0.15) is 12.7 Å². The zero-order chi connectivity index (χ0) is 9.97. The van der Waals surface area contributed by atoms with Crippen molar-refractivity contribution < 1.29 is 4.74 Å². The molecule has 1 N–H and O–H groups in total. The molecule has 4 nitrogen and oxygen atoms in total. The van der Waals surface area contributed by atoms with E-state index in [-0.39, 0.29) is 0 Å². The van der Waals surface area contributed by atoms with Crippen molar-refractivity contribution >= 4 is 11.0 Å². The van der Waals surface area contributed by atoms with E-state index >= 15 is 0 Å². The van der Waals surface area contributed by atoms with E-state index in [1.807, 2.05) is 31.2 Å². The van der Waals surface area contributed by atoms with Crippen molar-refractivity contribution in [2.75, 3.05) is 6.61 Å². The highest BCUT2D eigenvalue weighted by Crippen LogP contribution is 2.18. The monoisotopic (exact) mass is 187 g/mol. The van der Waals surface area contributed by atoms with Crippen LogP contribution in [0.25, 0.3) is 11.0 Å². The van der Waals surface area contributed by atoms with Crippen LogP contribution in [-0.2, 0) is 0 Å². The number of H-pyrrole nitrogens is 1. The third-order valence-corrected chi connectivity index (χ3v) is 1.87. The highest BCUT2D eigenvalue weighted by Gasteiger charge is 2.02. The standard InChI is InChI=1S/C10H9N3O/c1-2-14-7-3-4-8-9(5-7)13-10(6-11)12-8/h3-5H,2H2,1H3,(H,12,13). The van der Waals surface area contributed by atoms with E-state index in [1.54, 1.807) is 0 Å². The smallest absolute Gasteiger partial charge is 0.211 e. The van der Waals surface area contributed by atoms with Crippen LogP contribution >= 0.6 is 0 Å². The average Bonchev–Trinajstić information content (AvgIpc) is 2.60. The zero-order valence-corrected chi connectivity index (χ0v) is 7.74. The molecule has 70 valence electrons. The predicted molar refractivity (Wildman–Crippen MR) is 52.0 cm³/mol. The molecule has 0 aliphatic heterocycles. The number of hydrogen-bond donors (Lipinski definition) is 1. The van der Waals surface area contributed by atoms with Crippen molar-refractivity contribution in [3.63, 3.8) is 0 Å². The van der Waals surface area contributed by atoms with Crippen LogP contribution in [0.2, 0.25) is 0 Å². The number of nitrogens with zero attached hydrogens (tertiary/aromatic N) is 2. The van der Waals surface area contributed by atoms with Gasteiger partial charge in [-0.1, -0.05) is 0 Å². The van der Waals surface area contributed by atoms with E-state index in [9.17, 15) is 0 Å². The van der Waals surface area contributed by atoms with E-state index in [2.05, 4.69) is 9.97 Å². The molecule has 2 aromatic rings. The van der Waals surface area contributed by atoms with E-state index in [4.69, 9.17) is 10.00 Å². The molecule has 2 rings (SSSR count). The van der Waals surface area contributed by atoms with Gasteiger partial charge in [-0.3, -0.25) is 0 Å². The molecule has 14 heavy (non-hydrogen) atoms. The Morgan fingerprint density at radius 3 is 3.14 bits per heavy atom. The lowest BCUT2D eigenvalue weighted by atomic mass is 10.3. The number of benzene rings is 1. The maximum atomic E-state index is 8.64. The fraction of sp³-hybridized carbons (Fsp3) is 0.200. The summed E-state index contributed by atoms with van der Waals surface area (Å²) in [6.07, 6.45) is 0. The lowest BCUT2D eigenvalue weighted by Gasteiger charge is -2.00. The van der Waals surface area contributed by atoms with Gasteiger partial charge in [-0.15, -0.1) is 0 Å². The molecule has 0 saturated carbocycles. The number of nitrogens with one attached hydrogen (secondary N) is 1. The minimum Gasteiger partial charge on any atom is -0.494 e. The first-order valence-corrected chi connectivity index (χ1v) is 4.36. The Morgan fingerprint density at radius 2 is 2.43 bits per heavy atom. The molecule has 0 aliphatic rings. The molecule has 4 heteroatoms. The molecule has 0 fully saturated rings. The number of fused-ring (bicyclic) bond motifs is 1. The molecule has 0 bridgehead atoms. The summed E-state index contributed by atoms with van der Waals surface area (Å²) in [5, 5.41) is 8.64. The Hall–Kier alpha value is -2.02. The molecule has 0 unspecified atom stereocenters. The van der Waals surface area contributed by atoms with Crippen molar-refractivity contribution in [3.05, 3.63) is 24.0 Å². The van der Waals surface area contributed by atoms with Crippen molar-refractivity contribution in [1.82, 2.24) is 9.97 Å². The highest BCUT2D eigenvalue weighted by atomic mass is 16.5. The second kappa shape index (κ2) is 3.38. The number of imidazole rings is 1. The normalized spacial score (nSPS) is 10.0. The maximum absolute atomic E-state index is 8.64.